The molecule has 4 aromatic rings. The highest BCUT2D eigenvalue weighted by Crippen LogP contribution is 2.43. The Morgan fingerprint density at radius 2 is 1.62 bits per heavy atom. The lowest BCUT2D eigenvalue weighted by atomic mass is 9.95. The predicted molar refractivity (Wildman–Crippen MR) is 123 cm³/mol. The van der Waals surface area contributed by atoms with Crippen LogP contribution < -0.4 is 4.90 Å². The van der Waals surface area contributed by atoms with Crippen molar-refractivity contribution < 1.29 is 19.8 Å². The van der Waals surface area contributed by atoms with Crippen molar-refractivity contribution in [1.82, 2.24) is 4.98 Å². The third-order valence-electron chi connectivity index (χ3n) is 5.60. The lowest BCUT2D eigenvalue weighted by Gasteiger charge is -2.25. The van der Waals surface area contributed by atoms with Crippen LogP contribution in [0.5, 0.6) is 5.75 Å². The number of carbonyl (C=O) groups excluding carboxylic acids is 2. The normalized spacial score (nSPS) is 17.9. The van der Waals surface area contributed by atoms with Gasteiger partial charge < -0.3 is 15.2 Å². The number of anilines is 1. The standard InChI is InChI=1S/C25H17ClN2O4/c26-15-7-9-16(10-8-15)28-22(14-5-11-17(29)12-6-14)21(24(31)25(28)32)23(30)19-13-27-20-4-2-1-3-18(19)20/h1-13,22,27,29-30H/b23-21-. The Morgan fingerprint density at radius 3 is 2.34 bits per heavy atom. The molecule has 1 saturated heterocycles. The summed E-state index contributed by atoms with van der Waals surface area (Å²) in [6, 6.07) is 19.2. The number of ketones is 1. The smallest absolute Gasteiger partial charge is 0.300 e. The minimum absolute atomic E-state index is 0.0274. The molecule has 1 amide bonds. The fourth-order valence-corrected chi connectivity index (χ4v) is 4.21. The number of aromatic amines is 1. The Kier molecular flexibility index (Phi) is 4.72. The molecule has 0 radical (unpaired) electrons. The Labute approximate surface area is 188 Å². The summed E-state index contributed by atoms with van der Waals surface area (Å²) in [4.78, 5) is 30.7. The molecule has 32 heavy (non-hydrogen) atoms. The van der Waals surface area contributed by atoms with Gasteiger partial charge in [-0.15, -0.1) is 0 Å². The van der Waals surface area contributed by atoms with Crippen molar-refractivity contribution in [2.24, 2.45) is 0 Å². The number of aromatic nitrogens is 1. The average molecular weight is 445 g/mol. The van der Waals surface area contributed by atoms with E-state index in [0.717, 1.165) is 10.9 Å². The van der Waals surface area contributed by atoms with E-state index in [1.807, 2.05) is 24.3 Å². The lowest BCUT2D eigenvalue weighted by Crippen LogP contribution is -2.29. The largest absolute Gasteiger partial charge is 0.508 e. The number of benzene rings is 3. The monoisotopic (exact) mass is 444 g/mol. The van der Waals surface area contributed by atoms with E-state index < -0.39 is 17.7 Å². The van der Waals surface area contributed by atoms with E-state index in [4.69, 9.17) is 11.6 Å². The van der Waals surface area contributed by atoms with E-state index in [0.29, 0.717) is 21.8 Å². The number of aliphatic hydroxyl groups excluding tert-OH is 1. The van der Waals surface area contributed by atoms with Crippen LogP contribution in [0.3, 0.4) is 0 Å². The number of hydrogen-bond acceptors (Lipinski definition) is 4. The summed E-state index contributed by atoms with van der Waals surface area (Å²) >= 11 is 6.01. The van der Waals surface area contributed by atoms with Gasteiger partial charge in [0.2, 0.25) is 0 Å². The quantitative estimate of drug-likeness (QED) is 0.231. The minimum Gasteiger partial charge on any atom is -0.508 e. The van der Waals surface area contributed by atoms with Crippen molar-refractivity contribution in [2.45, 2.75) is 6.04 Å². The summed E-state index contributed by atoms with van der Waals surface area (Å²) < 4.78 is 0. The lowest BCUT2D eigenvalue weighted by molar-refractivity contribution is -0.132. The molecular weight excluding hydrogens is 428 g/mol. The first-order valence-corrected chi connectivity index (χ1v) is 10.3. The van der Waals surface area contributed by atoms with Gasteiger partial charge in [-0.2, -0.15) is 0 Å². The van der Waals surface area contributed by atoms with Gasteiger partial charge in [-0.3, -0.25) is 14.5 Å². The summed E-state index contributed by atoms with van der Waals surface area (Å²) in [5.41, 5.74) is 2.23. The summed E-state index contributed by atoms with van der Waals surface area (Å²) in [5.74, 6) is -1.77. The summed E-state index contributed by atoms with van der Waals surface area (Å²) in [6.45, 7) is 0. The molecule has 3 N–H and O–H groups in total. The number of carbonyl (C=O) groups is 2. The van der Waals surface area contributed by atoms with Crippen molar-refractivity contribution in [3.63, 3.8) is 0 Å². The van der Waals surface area contributed by atoms with Crippen molar-refractivity contribution in [3.8, 4) is 5.75 Å². The van der Waals surface area contributed by atoms with Crippen LogP contribution in [0.1, 0.15) is 17.2 Å². The first-order valence-electron chi connectivity index (χ1n) is 9.87. The van der Waals surface area contributed by atoms with Crippen LogP contribution in [0.15, 0.2) is 84.6 Å². The maximum absolute atomic E-state index is 13.2. The number of phenols is 1. The number of amides is 1. The van der Waals surface area contributed by atoms with Crippen molar-refractivity contribution in [3.05, 3.63) is 101 Å². The highest BCUT2D eigenvalue weighted by molar-refractivity contribution is 6.51. The summed E-state index contributed by atoms with van der Waals surface area (Å²) in [5, 5.41) is 22.2. The number of rotatable bonds is 3. The van der Waals surface area contributed by atoms with Crippen LogP contribution in [0.4, 0.5) is 5.69 Å². The molecule has 7 heteroatoms. The number of fused-ring (bicyclic) bond motifs is 1. The van der Waals surface area contributed by atoms with Gasteiger partial charge in [-0.1, -0.05) is 41.9 Å². The van der Waals surface area contributed by atoms with Gasteiger partial charge >= 0.3 is 0 Å². The molecule has 1 unspecified atom stereocenters. The fourth-order valence-electron chi connectivity index (χ4n) is 4.09. The second-order valence-corrected chi connectivity index (χ2v) is 7.92. The zero-order valence-corrected chi connectivity index (χ0v) is 17.4. The van der Waals surface area contributed by atoms with Crippen LogP contribution in [0.25, 0.3) is 16.7 Å². The summed E-state index contributed by atoms with van der Waals surface area (Å²) in [7, 11) is 0. The molecule has 0 bridgehead atoms. The SMILES string of the molecule is O=C1C(=O)N(c2ccc(Cl)cc2)C(c2ccc(O)cc2)/C1=C(/O)c1c[nH]c2ccccc12. The van der Waals surface area contributed by atoms with Gasteiger partial charge in [0.05, 0.1) is 11.6 Å². The fraction of sp³-hybridized carbons (Fsp3) is 0.0400. The highest BCUT2D eigenvalue weighted by atomic mass is 35.5. The number of aliphatic hydroxyl groups is 1. The molecule has 1 atom stereocenters. The van der Waals surface area contributed by atoms with Crippen LogP contribution in [-0.2, 0) is 9.59 Å². The number of H-pyrrole nitrogens is 1. The van der Waals surface area contributed by atoms with Crippen LogP contribution in [0.2, 0.25) is 5.02 Å². The molecule has 158 valence electrons. The van der Waals surface area contributed by atoms with Gasteiger partial charge in [0.1, 0.15) is 11.5 Å². The molecule has 1 aliphatic heterocycles. The minimum atomic E-state index is -0.884. The molecule has 1 aliphatic rings. The first kappa shape index (κ1) is 19.9. The number of Topliss-reactive ketones (excluding diaryl/α,β-unsaturated/α-hetero) is 1. The molecule has 3 aromatic carbocycles. The summed E-state index contributed by atoms with van der Waals surface area (Å²) in [6.07, 6.45) is 1.61. The van der Waals surface area contributed by atoms with Crippen molar-refractivity contribution >= 4 is 45.6 Å². The van der Waals surface area contributed by atoms with Gasteiger partial charge in [-0.25, -0.2) is 0 Å². The number of nitrogens with zero attached hydrogens (tertiary/aromatic N) is 1. The van der Waals surface area contributed by atoms with E-state index in [2.05, 4.69) is 4.98 Å². The predicted octanol–water partition coefficient (Wildman–Crippen LogP) is 5.15. The second kappa shape index (κ2) is 7.59. The third kappa shape index (κ3) is 3.13. The van der Waals surface area contributed by atoms with Crippen LogP contribution in [-0.4, -0.2) is 26.9 Å². The average Bonchev–Trinajstić information content (AvgIpc) is 3.34. The van der Waals surface area contributed by atoms with Gasteiger partial charge in [0, 0.05) is 33.4 Å². The molecule has 1 aromatic heterocycles. The second-order valence-electron chi connectivity index (χ2n) is 7.48. The molecular formula is C25H17ClN2O4. The maximum atomic E-state index is 13.2. The van der Waals surface area contributed by atoms with E-state index in [1.54, 1.807) is 42.6 Å². The highest BCUT2D eigenvalue weighted by Gasteiger charge is 2.47. The van der Waals surface area contributed by atoms with Gasteiger partial charge in [0.25, 0.3) is 11.7 Å². The number of nitrogens with one attached hydrogen (secondary N) is 1. The number of phenolic OH excluding ortho intramolecular Hbond substituents is 1. The first-order chi connectivity index (χ1) is 15.5. The Hall–Kier alpha value is -4.03. The number of para-hydroxylation sites is 1. The third-order valence-corrected chi connectivity index (χ3v) is 5.85. The molecule has 0 aliphatic carbocycles. The molecule has 1 fully saturated rings. The van der Waals surface area contributed by atoms with Gasteiger partial charge in [-0.05, 0) is 48.0 Å². The zero-order valence-electron chi connectivity index (χ0n) is 16.6. The van der Waals surface area contributed by atoms with E-state index >= 15 is 0 Å². The number of aromatic hydroxyl groups is 1. The number of hydrogen-bond donors (Lipinski definition) is 3. The van der Waals surface area contributed by atoms with E-state index in [9.17, 15) is 19.8 Å². The topological polar surface area (TPSA) is 93.6 Å². The Balaban J connectivity index is 1.75. The Morgan fingerprint density at radius 1 is 0.938 bits per heavy atom. The zero-order chi connectivity index (χ0) is 22.4. The molecule has 6 nitrogen and oxygen atoms in total. The van der Waals surface area contributed by atoms with E-state index in [-0.39, 0.29) is 17.1 Å². The van der Waals surface area contributed by atoms with Gasteiger partial charge in [0.15, 0.2) is 0 Å². The molecule has 2 heterocycles. The molecule has 0 saturated carbocycles. The van der Waals surface area contributed by atoms with Crippen molar-refractivity contribution in [2.75, 3.05) is 4.90 Å². The number of halogens is 1. The van der Waals surface area contributed by atoms with Crippen LogP contribution >= 0.6 is 11.6 Å². The maximum Gasteiger partial charge on any atom is 0.300 e. The molecule has 0 spiro atoms. The van der Waals surface area contributed by atoms with Crippen molar-refractivity contribution in [1.29, 1.82) is 0 Å². The molecule has 5 rings (SSSR count). The Bertz CT molecular complexity index is 1390. The van der Waals surface area contributed by atoms with E-state index in [1.165, 1.54) is 17.0 Å². The van der Waals surface area contributed by atoms with Crippen LogP contribution in [0, 0.1) is 0 Å².